The molecule has 1 fully saturated rings. The molecule has 2 N–H and O–H groups in total. The van der Waals surface area contributed by atoms with E-state index in [0.29, 0.717) is 6.04 Å². The molecule has 5 nitrogen and oxygen atoms in total. The van der Waals surface area contributed by atoms with Gasteiger partial charge in [0.1, 0.15) is 11.6 Å². The van der Waals surface area contributed by atoms with Crippen LogP contribution >= 0.6 is 0 Å². The number of nitrogens with zero attached hydrogens (tertiary/aromatic N) is 4. The van der Waals surface area contributed by atoms with Crippen molar-refractivity contribution in [2.45, 2.75) is 58.2 Å². The molecule has 0 spiro atoms. The second kappa shape index (κ2) is 5.21. The minimum Gasteiger partial charge on any atom is -0.326 e. The summed E-state index contributed by atoms with van der Waals surface area (Å²) in [5.41, 5.74) is 6.06. The summed E-state index contributed by atoms with van der Waals surface area (Å²) < 4.78 is 2.27. The molecular formula is C14H25N5. The van der Waals surface area contributed by atoms with Crippen LogP contribution in [0, 0.1) is 5.92 Å². The fourth-order valence-corrected chi connectivity index (χ4v) is 3.32. The van der Waals surface area contributed by atoms with Crippen LogP contribution < -0.4 is 5.73 Å². The van der Waals surface area contributed by atoms with E-state index in [2.05, 4.69) is 33.5 Å². The molecule has 3 heterocycles. The molecule has 1 aromatic heterocycles. The Labute approximate surface area is 115 Å². The third-order valence-electron chi connectivity index (χ3n) is 4.58. The Kier molecular flexibility index (Phi) is 3.58. The molecule has 0 aliphatic carbocycles. The number of fused-ring (bicyclic) bond motifs is 1. The SMILES string of the molecule is CC(C)N1CCC(Cc2nnc3n2CC(N)CC3)C1. The van der Waals surface area contributed by atoms with Gasteiger partial charge < -0.3 is 15.2 Å². The second-order valence-electron chi connectivity index (χ2n) is 6.39. The Bertz CT molecular complexity index is 439. The molecule has 3 rings (SSSR count). The summed E-state index contributed by atoms with van der Waals surface area (Å²) in [7, 11) is 0. The first kappa shape index (κ1) is 13.1. The average molecular weight is 263 g/mol. The van der Waals surface area contributed by atoms with Crippen molar-refractivity contribution in [1.29, 1.82) is 0 Å². The molecule has 2 aliphatic rings. The van der Waals surface area contributed by atoms with Gasteiger partial charge in [0, 0.05) is 38.0 Å². The smallest absolute Gasteiger partial charge is 0.133 e. The molecule has 2 atom stereocenters. The maximum atomic E-state index is 6.06. The molecule has 2 aliphatic heterocycles. The van der Waals surface area contributed by atoms with E-state index in [1.165, 1.54) is 19.5 Å². The maximum absolute atomic E-state index is 6.06. The minimum absolute atomic E-state index is 0.276. The zero-order valence-corrected chi connectivity index (χ0v) is 12.0. The van der Waals surface area contributed by atoms with E-state index in [4.69, 9.17) is 5.73 Å². The fourth-order valence-electron chi connectivity index (χ4n) is 3.32. The zero-order valence-electron chi connectivity index (χ0n) is 12.0. The molecule has 106 valence electrons. The molecule has 5 heteroatoms. The van der Waals surface area contributed by atoms with Gasteiger partial charge in [-0.25, -0.2) is 0 Å². The topological polar surface area (TPSA) is 60.0 Å². The molecule has 0 amide bonds. The highest BCUT2D eigenvalue weighted by atomic mass is 15.3. The highest BCUT2D eigenvalue weighted by Crippen LogP contribution is 2.23. The van der Waals surface area contributed by atoms with Crippen molar-refractivity contribution in [2.24, 2.45) is 11.7 Å². The van der Waals surface area contributed by atoms with Crippen LogP contribution in [0.15, 0.2) is 0 Å². The van der Waals surface area contributed by atoms with Gasteiger partial charge in [0.15, 0.2) is 0 Å². The van der Waals surface area contributed by atoms with Crippen molar-refractivity contribution in [1.82, 2.24) is 19.7 Å². The Morgan fingerprint density at radius 1 is 1.26 bits per heavy atom. The van der Waals surface area contributed by atoms with Gasteiger partial charge in [0.25, 0.3) is 0 Å². The lowest BCUT2D eigenvalue weighted by atomic mass is 10.0. The summed E-state index contributed by atoms with van der Waals surface area (Å²) >= 11 is 0. The molecular weight excluding hydrogens is 238 g/mol. The number of hydrogen-bond acceptors (Lipinski definition) is 4. The van der Waals surface area contributed by atoms with Gasteiger partial charge in [-0.1, -0.05) is 0 Å². The summed E-state index contributed by atoms with van der Waals surface area (Å²) in [5, 5.41) is 8.74. The average Bonchev–Trinajstić information content (AvgIpc) is 2.98. The minimum atomic E-state index is 0.276. The van der Waals surface area contributed by atoms with Crippen LogP contribution in [0.25, 0.3) is 0 Å². The van der Waals surface area contributed by atoms with Crippen molar-refractivity contribution >= 4 is 0 Å². The van der Waals surface area contributed by atoms with Crippen molar-refractivity contribution in [3.8, 4) is 0 Å². The fraction of sp³-hybridized carbons (Fsp3) is 0.857. The second-order valence-corrected chi connectivity index (χ2v) is 6.39. The third-order valence-corrected chi connectivity index (χ3v) is 4.58. The van der Waals surface area contributed by atoms with E-state index >= 15 is 0 Å². The number of aryl methyl sites for hydroxylation is 1. The van der Waals surface area contributed by atoms with Gasteiger partial charge in [0.05, 0.1) is 0 Å². The lowest BCUT2D eigenvalue weighted by molar-refractivity contribution is 0.264. The summed E-state index contributed by atoms with van der Waals surface area (Å²) in [5.74, 6) is 3.02. The summed E-state index contributed by atoms with van der Waals surface area (Å²) in [6.45, 7) is 7.88. The number of likely N-dealkylation sites (tertiary alicyclic amines) is 1. The van der Waals surface area contributed by atoms with E-state index in [9.17, 15) is 0 Å². The number of nitrogens with two attached hydrogens (primary N) is 1. The normalized spacial score (nSPS) is 28.0. The monoisotopic (exact) mass is 263 g/mol. The first-order valence-corrected chi connectivity index (χ1v) is 7.54. The van der Waals surface area contributed by atoms with E-state index in [1.807, 2.05) is 0 Å². The van der Waals surface area contributed by atoms with Crippen LogP contribution in [-0.2, 0) is 19.4 Å². The third kappa shape index (κ3) is 2.67. The number of aromatic nitrogens is 3. The highest BCUT2D eigenvalue weighted by Gasteiger charge is 2.27. The summed E-state index contributed by atoms with van der Waals surface area (Å²) in [4.78, 5) is 2.56. The molecule has 1 saturated heterocycles. The predicted octanol–water partition coefficient (Wildman–Crippen LogP) is 0.824. The van der Waals surface area contributed by atoms with Crippen molar-refractivity contribution < 1.29 is 0 Å². The van der Waals surface area contributed by atoms with Crippen LogP contribution in [0.2, 0.25) is 0 Å². The molecule has 0 radical (unpaired) electrons. The Balaban J connectivity index is 1.66. The van der Waals surface area contributed by atoms with Crippen molar-refractivity contribution in [3.05, 3.63) is 11.6 Å². The van der Waals surface area contributed by atoms with Crippen LogP contribution in [0.3, 0.4) is 0 Å². The molecule has 19 heavy (non-hydrogen) atoms. The van der Waals surface area contributed by atoms with Crippen molar-refractivity contribution in [3.63, 3.8) is 0 Å². The summed E-state index contributed by atoms with van der Waals surface area (Å²) in [6.07, 6.45) is 4.37. The Hall–Kier alpha value is -0.940. The van der Waals surface area contributed by atoms with Crippen LogP contribution in [0.1, 0.15) is 38.3 Å². The quantitative estimate of drug-likeness (QED) is 0.877. The number of rotatable bonds is 3. The van der Waals surface area contributed by atoms with Gasteiger partial charge in [-0.05, 0) is 39.2 Å². The van der Waals surface area contributed by atoms with Crippen LogP contribution in [0.4, 0.5) is 0 Å². The molecule has 2 unspecified atom stereocenters. The molecule has 0 saturated carbocycles. The van der Waals surface area contributed by atoms with Gasteiger partial charge in [-0.2, -0.15) is 0 Å². The van der Waals surface area contributed by atoms with Crippen LogP contribution in [0.5, 0.6) is 0 Å². The first-order valence-electron chi connectivity index (χ1n) is 7.54. The lowest BCUT2D eigenvalue weighted by Crippen LogP contribution is -2.33. The van der Waals surface area contributed by atoms with E-state index in [0.717, 1.165) is 43.4 Å². The maximum Gasteiger partial charge on any atom is 0.133 e. The standard InChI is InChI=1S/C14H25N5/c1-10(2)18-6-5-11(8-18)7-14-17-16-13-4-3-12(15)9-19(13)14/h10-12H,3-9,15H2,1-2H3. The molecule has 1 aromatic rings. The van der Waals surface area contributed by atoms with Gasteiger partial charge in [-0.3, -0.25) is 0 Å². The Morgan fingerprint density at radius 2 is 2.11 bits per heavy atom. The van der Waals surface area contributed by atoms with E-state index in [-0.39, 0.29) is 6.04 Å². The summed E-state index contributed by atoms with van der Waals surface area (Å²) in [6, 6.07) is 0.934. The molecule has 0 bridgehead atoms. The van der Waals surface area contributed by atoms with E-state index < -0.39 is 0 Å². The predicted molar refractivity (Wildman–Crippen MR) is 74.8 cm³/mol. The highest BCUT2D eigenvalue weighted by molar-refractivity contribution is 5.02. The largest absolute Gasteiger partial charge is 0.326 e. The van der Waals surface area contributed by atoms with Gasteiger partial charge >= 0.3 is 0 Å². The first-order chi connectivity index (χ1) is 9.13. The molecule has 0 aromatic carbocycles. The van der Waals surface area contributed by atoms with Crippen molar-refractivity contribution in [2.75, 3.05) is 13.1 Å². The van der Waals surface area contributed by atoms with Crippen LogP contribution in [-0.4, -0.2) is 44.8 Å². The zero-order chi connectivity index (χ0) is 13.4. The lowest BCUT2D eigenvalue weighted by Gasteiger charge is -2.22. The van der Waals surface area contributed by atoms with Gasteiger partial charge in [-0.15, -0.1) is 10.2 Å². The number of hydrogen-bond donors (Lipinski definition) is 1. The Morgan fingerprint density at radius 3 is 2.84 bits per heavy atom. The van der Waals surface area contributed by atoms with Gasteiger partial charge in [0.2, 0.25) is 0 Å². The van der Waals surface area contributed by atoms with E-state index in [1.54, 1.807) is 0 Å².